The number of nitrogens with one attached hydrogen (secondary N) is 1. The van der Waals surface area contributed by atoms with Crippen molar-refractivity contribution in [1.82, 2.24) is 5.32 Å². The molecule has 2 heteroatoms. The van der Waals surface area contributed by atoms with Gasteiger partial charge in [-0.15, -0.1) is 0 Å². The Morgan fingerprint density at radius 2 is 2.06 bits per heavy atom. The van der Waals surface area contributed by atoms with E-state index in [4.69, 9.17) is 4.74 Å². The normalized spacial score (nSPS) is 12.5. The summed E-state index contributed by atoms with van der Waals surface area (Å²) in [6.45, 7) is 5.52. The second-order valence-electron chi connectivity index (χ2n) is 4.54. The van der Waals surface area contributed by atoms with Gasteiger partial charge in [-0.3, -0.25) is 0 Å². The number of hydrogen-bond acceptors (Lipinski definition) is 2. The molecule has 0 aliphatic rings. The van der Waals surface area contributed by atoms with E-state index in [1.165, 1.54) is 17.5 Å². The predicted octanol–water partition coefficient (Wildman–Crippen LogP) is 3.05. The van der Waals surface area contributed by atoms with E-state index < -0.39 is 0 Å². The first kappa shape index (κ1) is 14.0. The third-order valence-electron chi connectivity index (χ3n) is 3.32. The number of benzene rings is 1. The fraction of sp³-hybridized carbons (Fsp3) is 0.600. The lowest BCUT2D eigenvalue weighted by molar-refractivity contribution is 0.409. The highest BCUT2D eigenvalue weighted by molar-refractivity contribution is 5.37. The van der Waals surface area contributed by atoms with Crippen molar-refractivity contribution in [2.24, 2.45) is 5.92 Å². The van der Waals surface area contributed by atoms with Crippen LogP contribution < -0.4 is 10.1 Å². The Hall–Kier alpha value is -1.02. The third kappa shape index (κ3) is 4.04. The summed E-state index contributed by atoms with van der Waals surface area (Å²) in [5.41, 5.74) is 2.73. The molecule has 0 saturated carbocycles. The van der Waals surface area contributed by atoms with Crippen molar-refractivity contribution in [2.75, 3.05) is 20.7 Å². The lowest BCUT2D eigenvalue weighted by Crippen LogP contribution is -2.20. The average molecular weight is 235 g/mol. The molecule has 0 radical (unpaired) electrons. The summed E-state index contributed by atoms with van der Waals surface area (Å²) >= 11 is 0. The van der Waals surface area contributed by atoms with E-state index in [0.29, 0.717) is 0 Å². The fourth-order valence-corrected chi connectivity index (χ4v) is 2.22. The molecule has 1 atom stereocenters. The van der Waals surface area contributed by atoms with Crippen molar-refractivity contribution < 1.29 is 4.74 Å². The van der Waals surface area contributed by atoms with Crippen LogP contribution in [0.3, 0.4) is 0 Å². The second kappa shape index (κ2) is 7.33. The molecular formula is C15H25NO. The Bertz CT molecular complexity index is 336. The van der Waals surface area contributed by atoms with Gasteiger partial charge in [0.15, 0.2) is 0 Å². The van der Waals surface area contributed by atoms with E-state index in [1.807, 2.05) is 7.05 Å². The third-order valence-corrected chi connectivity index (χ3v) is 3.32. The number of ether oxygens (including phenoxy) is 1. The topological polar surface area (TPSA) is 21.3 Å². The number of aryl methyl sites for hydroxylation is 1. The summed E-state index contributed by atoms with van der Waals surface area (Å²) in [5.74, 6) is 1.73. The predicted molar refractivity (Wildman–Crippen MR) is 73.8 cm³/mol. The molecule has 1 unspecified atom stereocenters. The zero-order valence-electron chi connectivity index (χ0n) is 11.5. The summed E-state index contributed by atoms with van der Waals surface area (Å²) < 4.78 is 5.36. The molecule has 0 fully saturated rings. The van der Waals surface area contributed by atoms with Gasteiger partial charge in [0.2, 0.25) is 0 Å². The van der Waals surface area contributed by atoms with Crippen molar-refractivity contribution in [2.45, 2.75) is 33.1 Å². The quantitative estimate of drug-likeness (QED) is 0.784. The second-order valence-corrected chi connectivity index (χ2v) is 4.54. The zero-order valence-corrected chi connectivity index (χ0v) is 11.5. The molecule has 1 aromatic carbocycles. The highest BCUT2D eigenvalue weighted by Crippen LogP contribution is 2.22. The molecule has 1 rings (SSSR count). The first-order chi connectivity index (χ1) is 8.24. The molecule has 1 N–H and O–H groups in total. The fourth-order valence-electron chi connectivity index (χ4n) is 2.22. The molecule has 0 spiro atoms. The van der Waals surface area contributed by atoms with E-state index in [2.05, 4.69) is 37.4 Å². The van der Waals surface area contributed by atoms with Gasteiger partial charge in [-0.25, -0.2) is 0 Å². The first-order valence-corrected chi connectivity index (χ1v) is 6.55. The number of methoxy groups -OCH3 is 1. The van der Waals surface area contributed by atoms with Crippen molar-refractivity contribution in [3.63, 3.8) is 0 Å². The minimum Gasteiger partial charge on any atom is -0.496 e. The van der Waals surface area contributed by atoms with Crippen LogP contribution in [0.4, 0.5) is 0 Å². The maximum absolute atomic E-state index is 5.36. The molecular weight excluding hydrogens is 210 g/mol. The first-order valence-electron chi connectivity index (χ1n) is 6.55. The van der Waals surface area contributed by atoms with Gasteiger partial charge in [0.1, 0.15) is 5.75 Å². The van der Waals surface area contributed by atoms with Gasteiger partial charge in [-0.1, -0.05) is 32.4 Å². The highest BCUT2D eigenvalue weighted by atomic mass is 16.5. The molecule has 17 heavy (non-hydrogen) atoms. The maximum Gasteiger partial charge on any atom is 0.122 e. The van der Waals surface area contributed by atoms with E-state index >= 15 is 0 Å². The van der Waals surface area contributed by atoms with Gasteiger partial charge in [0.25, 0.3) is 0 Å². The van der Waals surface area contributed by atoms with Crippen LogP contribution in [0.1, 0.15) is 31.4 Å². The van der Waals surface area contributed by atoms with Crippen LogP contribution in [0.2, 0.25) is 0 Å². The molecule has 0 aliphatic heterocycles. The zero-order chi connectivity index (χ0) is 12.7. The van der Waals surface area contributed by atoms with E-state index in [9.17, 15) is 0 Å². The van der Waals surface area contributed by atoms with Gasteiger partial charge in [-0.2, -0.15) is 0 Å². The Morgan fingerprint density at radius 1 is 1.29 bits per heavy atom. The van der Waals surface area contributed by atoms with E-state index in [-0.39, 0.29) is 0 Å². The molecule has 0 aromatic heterocycles. The van der Waals surface area contributed by atoms with E-state index in [1.54, 1.807) is 7.11 Å². The van der Waals surface area contributed by atoms with Crippen molar-refractivity contribution in [3.8, 4) is 5.75 Å². The smallest absolute Gasteiger partial charge is 0.122 e. The summed E-state index contributed by atoms with van der Waals surface area (Å²) in [5, 5.41) is 3.27. The van der Waals surface area contributed by atoms with Gasteiger partial charge in [-0.05, 0) is 49.5 Å². The van der Waals surface area contributed by atoms with Crippen LogP contribution in [-0.2, 0) is 12.8 Å². The molecule has 96 valence electrons. The van der Waals surface area contributed by atoms with Crippen molar-refractivity contribution in [1.29, 1.82) is 0 Å². The average Bonchev–Trinajstić information content (AvgIpc) is 2.38. The largest absolute Gasteiger partial charge is 0.496 e. The van der Waals surface area contributed by atoms with E-state index in [0.717, 1.165) is 31.1 Å². The minimum absolute atomic E-state index is 0.720. The SMILES string of the molecule is CCc1cc(CC(CC)CNC)ccc1OC. The van der Waals surface area contributed by atoms with Crippen LogP contribution in [0.25, 0.3) is 0 Å². The maximum atomic E-state index is 5.36. The lowest BCUT2D eigenvalue weighted by atomic mass is 9.95. The lowest BCUT2D eigenvalue weighted by Gasteiger charge is -2.15. The Kier molecular flexibility index (Phi) is 6.06. The monoisotopic (exact) mass is 235 g/mol. The summed E-state index contributed by atoms with van der Waals surface area (Å²) in [7, 11) is 3.76. The summed E-state index contributed by atoms with van der Waals surface area (Å²) in [6.07, 6.45) is 3.39. The van der Waals surface area contributed by atoms with Gasteiger partial charge >= 0.3 is 0 Å². The molecule has 0 heterocycles. The minimum atomic E-state index is 0.720. The molecule has 0 aliphatic carbocycles. The van der Waals surface area contributed by atoms with Crippen molar-refractivity contribution in [3.05, 3.63) is 29.3 Å². The van der Waals surface area contributed by atoms with Gasteiger partial charge in [0, 0.05) is 0 Å². The Morgan fingerprint density at radius 3 is 2.59 bits per heavy atom. The molecule has 0 amide bonds. The Balaban J connectivity index is 2.77. The van der Waals surface area contributed by atoms with Gasteiger partial charge < -0.3 is 10.1 Å². The van der Waals surface area contributed by atoms with Crippen LogP contribution in [-0.4, -0.2) is 20.7 Å². The summed E-state index contributed by atoms with van der Waals surface area (Å²) in [6, 6.07) is 6.58. The standard InChI is InChI=1S/C15H25NO/c1-5-12(11-16-3)9-13-7-8-15(17-4)14(6-2)10-13/h7-8,10,12,16H,5-6,9,11H2,1-4H3. The van der Waals surface area contributed by atoms with Crippen LogP contribution in [0, 0.1) is 5.92 Å². The van der Waals surface area contributed by atoms with Gasteiger partial charge in [0.05, 0.1) is 7.11 Å². The van der Waals surface area contributed by atoms with Crippen molar-refractivity contribution >= 4 is 0 Å². The summed E-state index contributed by atoms with van der Waals surface area (Å²) in [4.78, 5) is 0. The molecule has 0 bridgehead atoms. The molecule has 0 saturated heterocycles. The van der Waals surface area contributed by atoms with Crippen LogP contribution in [0.15, 0.2) is 18.2 Å². The highest BCUT2D eigenvalue weighted by Gasteiger charge is 2.08. The molecule has 1 aromatic rings. The number of hydrogen-bond donors (Lipinski definition) is 1. The number of rotatable bonds is 7. The molecule has 2 nitrogen and oxygen atoms in total. The van der Waals surface area contributed by atoms with Crippen LogP contribution in [0.5, 0.6) is 5.75 Å². The Labute approximate surface area is 105 Å². The van der Waals surface area contributed by atoms with Crippen LogP contribution >= 0.6 is 0 Å².